The first-order valence-electron chi connectivity index (χ1n) is 8.54. The van der Waals surface area contributed by atoms with Crippen LogP contribution in [0.5, 0.6) is 0 Å². The van der Waals surface area contributed by atoms with Gasteiger partial charge < -0.3 is 0 Å². The van der Waals surface area contributed by atoms with E-state index in [0.717, 1.165) is 22.4 Å². The molecule has 1 radical (unpaired) electrons. The van der Waals surface area contributed by atoms with Gasteiger partial charge in [0.05, 0.1) is 0 Å². The molecule has 2 rings (SSSR count). The van der Waals surface area contributed by atoms with Gasteiger partial charge in [-0.15, -0.1) is 12.8 Å². The Labute approximate surface area is 160 Å². The molecule has 22 heavy (non-hydrogen) atoms. The summed E-state index contributed by atoms with van der Waals surface area (Å²) in [6.07, 6.45) is 25.1. The molecule has 0 aliphatic heterocycles. The van der Waals surface area contributed by atoms with Gasteiger partial charge in [0.15, 0.2) is 0 Å². The Balaban J connectivity index is 0. The zero-order chi connectivity index (χ0) is 15.8. The minimum absolute atomic E-state index is 0. The second-order valence-corrected chi connectivity index (χ2v) is 6.56. The fourth-order valence-electron chi connectivity index (χ4n) is 1.98. The molecule has 0 amide bonds. The van der Waals surface area contributed by atoms with E-state index < -0.39 is 0 Å². The van der Waals surface area contributed by atoms with E-state index in [4.69, 9.17) is 0 Å². The standard InChI is InChI=1S/2C9H13.C2H7Si.Hf/c2*1-2-3-6-9-7-4-5-8-9;1-3-2;/h2*4,7H,2-3,5-6H2,1H3;3H,1-2H3;/q2*-1;;. The molecule has 0 saturated heterocycles. The number of hydrogen-bond donors (Lipinski definition) is 0. The van der Waals surface area contributed by atoms with Crippen LogP contribution in [0, 0.1) is 12.2 Å². The first kappa shape index (κ1) is 24.3. The monoisotopic (exact) mass is 481 g/mol. The van der Waals surface area contributed by atoms with Crippen LogP contribution in [0.2, 0.25) is 13.1 Å². The second-order valence-electron chi connectivity index (χ2n) is 5.40. The molecule has 0 aromatic rings. The summed E-state index contributed by atoms with van der Waals surface area (Å²) < 4.78 is 0. The molecule has 0 spiro atoms. The Morgan fingerprint density at radius 3 is 1.45 bits per heavy atom. The summed E-state index contributed by atoms with van der Waals surface area (Å²) in [6.45, 7) is 8.86. The number of hydrogen-bond acceptors (Lipinski definition) is 0. The molecule has 0 fully saturated rings. The minimum Gasteiger partial charge on any atom is -0.269 e. The fourth-order valence-corrected chi connectivity index (χ4v) is 1.98. The summed E-state index contributed by atoms with van der Waals surface area (Å²) in [4.78, 5) is 0. The Morgan fingerprint density at radius 1 is 0.864 bits per heavy atom. The van der Waals surface area contributed by atoms with Crippen LogP contribution >= 0.6 is 0 Å². The van der Waals surface area contributed by atoms with Crippen LogP contribution in [-0.2, 0) is 25.8 Å². The van der Waals surface area contributed by atoms with E-state index in [-0.39, 0.29) is 25.8 Å². The Hall–Kier alpha value is 0.0470. The van der Waals surface area contributed by atoms with Gasteiger partial charge in [0.1, 0.15) is 0 Å². The van der Waals surface area contributed by atoms with Crippen molar-refractivity contribution in [2.45, 2.75) is 78.3 Å². The molecule has 0 saturated carbocycles. The van der Waals surface area contributed by atoms with Gasteiger partial charge in [-0.2, -0.15) is 12.2 Å². The van der Waals surface area contributed by atoms with Crippen molar-refractivity contribution in [1.82, 2.24) is 0 Å². The van der Waals surface area contributed by atoms with Gasteiger partial charge in [-0.05, 0) is 0 Å². The molecule has 0 nitrogen and oxygen atoms in total. The summed E-state index contributed by atoms with van der Waals surface area (Å²) >= 11 is 0. The van der Waals surface area contributed by atoms with E-state index in [1.54, 1.807) is 0 Å². The summed E-state index contributed by atoms with van der Waals surface area (Å²) in [7, 11) is 0.750. The smallest absolute Gasteiger partial charge is 0.0213 e. The fraction of sp³-hybridized carbons (Fsp3) is 0.600. The van der Waals surface area contributed by atoms with Crippen molar-refractivity contribution in [3.05, 3.63) is 47.6 Å². The molecule has 0 heterocycles. The van der Waals surface area contributed by atoms with Gasteiger partial charge in [0, 0.05) is 35.4 Å². The van der Waals surface area contributed by atoms with E-state index in [1.807, 2.05) is 0 Å². The molecule has 0 aromatic carbocycles. The molecule has 0 atom stereocenters. The molecule has 0 bridgehead atoms. The van der Waals surface area contributed by atoms with Crippen LogP contribution in [0.4, 0.5) is 0 Å². The van der Waals surface area contributed by atoms with Crippen molar-refractivity contribution in [3.63, 3.8) is 0 Å². The van der Waals surface area contributed by atoms with Crippen molar-refractivity contribution in [2.24, 2.45) is 0 Å². The molecule has 2 aliphatic carbocycles. The molecule has 0 N–H and O–H groups in total. The normalized spacial score (nSPS) is 14.2. The second kappa shape index (κ2) is 19.1. The van der Waals surface area contributed by atoms with Crippen LogP contribution in [0.3, 0.4) is 0 Å². The van der Waals surface area contributed by atoms with Gasteiger partial charge in [-0.3, -0.25) is 12.2 Å². The number of unbranched alkanes of at least 4 members (excludes halogenated alkanes) is 2. The molecule has 123 valence electrons. The first-order valence-corrected chi connectivity index (χ1v) is 10.9. The van der Waals surface area contributed by atoms with E-state index >= 15 is 0 Å². The molecule has 0 unspecified atom stereocenters. The van der Waals surface area contributed by atoms with E-state index in [9.17, 15) is 0 Å². The summed E-state index contributed by atoms with van der Waals surface area (Å²) in [5.74, 6) is 0. The van der Waals surface area contributed by atoms with Crippen LogP contribution in [0.15, 0.2) is 35.5 Å². The molecule has 2 heteroatoms. The van der Waals surface area contributed by atoms with Crippen molar-refractivity contribution in [3.8, 4) is 0 Å². The van der Waals surface area contributed by atoms with Gasteiger partial charge >= 0.3 is 0 Å². The van der Waals surface area contributed by atoms with Crippen LogP contribution in [0.25, 0.3) is 0 Å². The predicted octanol–water partition coefficient (Wildman–Crippen LogP) is 6.25. The van der Waals surface area contributed by atoms with Crippen molar-refractivity contribution in [2.75, 3.05) is 0 Å². The quantitative estimate of drug-likeness (QED) is 0.312. The summed E-state index contributed by atoms with van der Waals surface area (Å²) in [6, 6.07) is 0. The average Bonchev–Trinajstić information content (AvgIpc) is 3.18. The average molecular weight is 480 g/mol. The number of rotatable bonds is 6. The minimum atomic E-state index is 0. The van der Waals surface area contributed by atoms with E-state index in [1.165, 1.54) is 49.7 Å². The largest absolute Gasteiger partial charge is 0.269 e. The number of allylic oxidation sites excluding steroid dienone is 8. The van der Waals surface area contributed by atoms with Crippen molar-refractivity contribution >= 4 is 9.52 Å². The third kappa shape index (κ3) is 15.0. The third-order valence-electron chi connectivity index (χ3n) is 3.13. The molecular formula is C20H33HfSi-2. The van der Waals surface area contributed by atoms with Crippen LogP contribution in [-0.4, -0.2) is 9.52 Å². The van der Waals surface area contributed by atoms with Gasteiger partial charge in [0.2, 0.25) is 0 Å². The van der Waals surface area contributed by atoms with E-state index in [2.05, 4.69) is 63.4 Å². The Kier molecular flexibility index (Phi) is 21.1. The van der Waals surface area contributed by atoms with Crippen LogP contribution in [0.1, 0.15) is 65.2 Å². The Morgan fingerprint density at radius 2 is 1.23 bits per heavy atom. The SMILES string of the molecule is CCCCC1=[C-]CC=C1.CCCCC1=[C-]CC=C1.C[SiH]C.[Hf]. The molecule has 2 aliphatic rings. The van der Waals surface area contributed by atoms with E-state index in [0.29, 0.717) is 0 Å². The van der Waals surface area contributed by atoms with Gasteiger partial charge in [0.25, 0.3) is 0 Å². The topological polar surface area (TPSA) is 0 Å². The maximum atomic E-state index is 3.30. The summed E-state index contributed by atoms with van der Waals surface area (Å²) in [5.41, 5.74) is 2.83. The zero-order valence-electron chi connectivity index (χ0n) is 15.0. The maximum absolute atomic E-state index is 3.30. The van der Waals surface area contributed by atoms with Crippen LogP contribution < -0.4 is 0 Å². The maximum Gasteiger partial charge on any atom is 0.0213 e. The zero-order valence-corrected chi connectivity index (χ0v) is 19.8. The summed E-state index contributed by atoms with van der Waals surface area (Å²) in [5, 5.41) is 0. The van der Waals surface area contributed by atoms with Gasteiger partial charge in [-0.1, -0.05) is 65.5 Å². The molecule has 0 aromatic heterocycles. The molecular weight excluding hydrogens is 447 g/mol. The van der Waals surface area contributed by atoms with Crippen molar-refractivity contribution in [1.29, 1.82) is 0 Å². The third-order valence-corrected chi connectivity index (χ3v) is 3.13. The van der Waals surface area contributed by atoms with Gasteiger partial charge in [-0.25, -0.2) is 23.3 Å². The van der Waals surface area contributed by atoms with Crippen molar-refractivity contribution < 1.29 is 25.8 Å². The Bertz CT molecular complexity index is 317. The predicted molar refractivity (Wildman–Crippen MR) is 99.0 cm³/mol. The first-order chi connectivity index (χ1) is 10.3.